The van der Waals surface area contributed by atoms with E-state index in [9.17, 15) is 9.59 Å². The number of hydrogen-bond donors (Lipinski definition) is 1. The second-order valence-corrected chi connectivity index (χ2v) is 3.02. The van der Waals surface area contributed by atoms with E-state index in [-0.39, 0.29) is 19.8 Å². The molecule has 0 rings (SSSR count). The van der Waals surface area contributed by atoms with Crippen molar-refractivity contribution in [1.82, 2.24) is 10.4 Å². The highest BCUT2D eigenvalue weighted by Crippen LogP contribution is 1.93. The van der Waals surface area contributed by atoms with Gasteiger partial charge in [-0.3, -0.25) is 0 Å². The fraction of sp³-hybridized carbons (Fsp3) is 0.636. The van der Waals surface area contributed by atoms with E-state index in [2.05, 4.69) is 10.2 Å². The number of nitrogens with zero attached hydrogens (tertiary/aromatic N) is 1. The summed E-state index contributed by atoms with van der Waals surface area (Å²) >= 11 is 0. The molecule has 0 fully saturated rings. The molecule has 17 heavy (non-hydrogen) atoms. The summed E-state index contributed by atoms with van der Waals surface area (Å²) in [6, 6.07) is 0. The zero-order valence-corrected chi connectivity index (χ0v) is 10.6. The van der Waals surface area contributed by atoms with Crippen LogP contribution in [-0.2, 0) is 9.47 Å². The Morgan fingerprint density at radius 2 is 1.76 bits per heavy atom. The van der Waals surface area contributed by atoms with Gasteiger partial charge in [-0.25, -0.2) is 20.0 Å². The highest BCUT2D eigenvalue weighted by atomic mass is 16.6. The molecule has 0 atom stereocenters. The van der Waals surface area contributed by atoms with Gasteiger partial charge >= 0.3 is 12.2 Å². The maximum absolute atomic E-state index is 11.5. The van der Waals surface area contributed by atoms with Gasteiger partial charge in [-0.2, -0.15) is 0 Å². The molecule has 1 N–H and O–H groups in total. The molecule has 0 aliphatic carbocycles. The standard InChI is InChI=1S/C11H20N2O4/c1-4-7-8-9-13(11(15)17-6-3)12-10(14)16-5-2/h7-8H,4-6,9H2,1-3H3,(H,12,14)/b8-7+. The van der Waals surface area contributed by atoms with Crippen LogP contribution in [-0.4, -0.2) is 37.0 Å². The van der Waals surface area contributed by atoms with Crippen molar-refractivity contribution in [1.29, 1.82) is 0 Å². The predicted molar refractivity (Wildman–Crippen MR) is 63.3 cm³/mol. The Hall–Kier alpha value is -1.72. The van der Waals surface area contributed by atoms with Crippen LogP contribution in [0.2, 0.25) is 0 Å². The van der Waals surface area contributed by atoms with E-state index in [4.69, 9.17) is 4.74 Å². The first-order valence-corrected chi connectivity index (χ1v) is 5.68. The first kappa shape index (κ1) is 15.3. The van der Waals surface area contributed by atoms with E-state index >= 15 is 0 Å². The number of hydrazine groups is 1. The third-order valence-corrected chi connectivity index (χ3v) is 1.68. The molecule has 0 aromatic carbocycles. The minimum Gasteiger partial charge on any atom is -0.449 e. The lowest BCUT2D eigenvalue weighted by Crippen LogP contribution is -2.46. The van der Waals surface area contributed by atoms with E-state index in [0.717, 1.165) is 11.4 Å². The van der Waals surface area contributed by atoms with Crippen LogP contribution in [0.15, 0.2) is 12.2 Å². The number of hydrogen-bond acceptors (Lipinski definition) is 4. The van der Waals surface area contributed by atoms with Crippen LogP contribution < -0.4 is 5.43 Å². The topological polar surface area (TPSA) is 67.9 Å². The van der Waals surface area contributed by atoms with Crippen molar-refractivity contribution < 1.29 is 19.1 Å². The molecule has 0 radical (unpaired) electrons. The maximum atomic E-state index is 11.5. The number of rotatable bonds is 5. The maximum Gasteiger partial charge on any atom is 0.429 e. The highest BCUT2D eigenvalue weighted by molar-refractivity contribution is 5.74. The van der Waals surface area contributed by atoms with E-state index in [1.54, 1.807) is 19.9 Å². The van der Waals surface area contributed by atoms with Gasteiger partial charge in [-0.05, 0) is 20.3 Å². The highest BCUT2D eigenvalue weighted by Gasteiger charge is 2.16. The Kier molecular flexibility index (Phi) is 8.54. The summed E-state index contributed by atoms with van der Waals surface area (Å²) in [4.78, 5) is 22.7. The minimum absolute atomic E-state index is 0.242. The molecule has 0 aromatic rings. The van der Waals surface area contributed by atoms with Crippen LogP contribution in [0.3, 0.4) is 0 Å². The molecule has 0 aromatic heterocycles. The Morgan fingerprint density at radius 3 is 2.29 bits per heavy atom. The predicted octanol–water partition coefficient (Wildman–Crippen LogP) is 2.07. The van der Waals surface area contributed by atoms with Crippen molar-refractivity contribution in [3.05, 3.63) is 12.2 Å². The van der Waals surface area contributed by atoms with Crippen molar-refractivity contribution >= 4 is 12.2 Å². The van der Waals surface area contributed by atoms with E-state index < -0.39 is 12.2 Å². The molecule has 0 saturated carbocycles. The van der Waals surface area contributed by atoms with Crippen molar-refractivity contribution in [2.24, 2.45) is 0 Å². The lowest BCUT2D eigenvalue weighted by Gasteiger charge is -2.20. The van der Waals surface area contributed by atoms with Gasteiger partial charge in [0.2, 0.25) is 0 Å². The first-order chi connectivity index (χ1) is 8.15. The van der Waals surface area contributed by atoms with Crippen molar-refractivity contribution in [3.63, 3.8) is 0 Å². The summed E-state index contributed by atoms with van der Waals surface area (Å²) in [5, 5.41) is 1.06. The number of carbonyl (C=O) groups is 2. The van der Waals surface area contributed by atoms with Gasteiger partial charge in [0.05, 0.1) is 19.8 Å². The summed E-state index contributed by atoms with van der Waals surface area (Å²) < 4.78 is 9.48. The zero-order valence-electron chi connectivity index (χ0n) is 10.6. The molecular weight excluding hydrogens is 224 g/mol. The number of ether oxygens (including phenoxy) is 2. The normalized spacial score (nSPS) is 10.1. The van der Waals surface area contributed by atoms with Crippen LogP contribution >= 0.6 is 0 Å². The number of nitrogens with one attached hydrogen (secondary N) is 1. The molecule has 6 nitrogen and oxygen atoms in total. The van der Waals surface area contributed by atoms with Gasteiger partial charge in [0, 0.05) is 0 Å². The van der Waals surface area contributed by atoms with E-state index in [0.29, 0.717) is 0 Å². The van der Waals surface area contributed by atoms with Crippen molar-refractivity contribution in [2.75, 3.05) is 19.8 Å². The Morgan fingerprint density at radius 1 is 1.12 bits per heavy atom. The second-order valence-electron chi connectivity index (χ2n) is 3.02. The monoisotopic (exact) mass is 244 g/mol. The zero-order chi connectivity index (χ0) is 13.1. The van der Waals surface area contributed by atoms with Gasteiger partial charge in [-0.15, -0.1) is 0 Å². The smallest absolute Gasteiger partial charge is 0.429 e. The lowest BCUT2D eigenvalue weighted by molar-refractivity contribution is 0.0791. The van der Waals surface area contributed by atoms with Gasteiger partial charge in [0.15, 0.2) is 0 Å². The number of carbonyl (C=O) groups excluding carboxylic acids is 2. The van der Waals surface area contributed by atoms with Crippen LogP contribution in [0.5, 0.6) is 0 Å². The lowest BCUT2D eigenvalue weighted by atomic mass is 10.4. The van der Waals surface area contributed by atoms with Crippen molar-refractivity contribution in [2.45, 2.75) is 27.2 Å². The summed E-state index contributed by atoms with van der Waals surface area (Å²) in [6.45, 7) is 6.09. The molecule has 98 valence electrons. The van der Waals surface area contributed by atoms with Crippen LogP contribution in [0.4, 0.5) is 9.59 Å². The molecule has 0 bridgehead atoms. The number of allylic oxidation sites excluding steroid dienone is 1. The van der Waals surface area contributed by atoms with E-state index in [1.165, 1.54) is 0 Å². The fourth-order valence-corrected chi connectivity index (χ4v) is 0.987. The molecule has 2 amide bonds. The van der Waals surface area contributed by atoms with Crippen LogP contribution in [0, 0.1) is 0 Å². The summed E-state index contributed by atoms with van der Waals surface area (Å²) in [5.41, 5.74) is 2.31. The molecule has 0 saturated heterocycles. The van der Waals surface area contributed by atoms with Crippen molar-refractivity contribution in [3.8, 4) is 0 Å². The van der Waals surface area contributed by atoms with Crippen LogP contribution in [0.25, 0.3) is 0 Å². The molecule has 0 aliphatic rings. The molecule has 6 heteroatoms. The van der Waals surface area contributed by atoms with E-state index in [1.807, 2.05) is 13.0 Å². The third-order valence-electron chi connectivity index (χ3n) is 1.68. The quantitative estimate of drug-likeness (QED) is 0.594. The molecule has 0 unspecified atom stereocenters. The summed E-state index contributed by atoms with van der Waals surface area (Å²) in [5.74, 6) is 0. The molecule has 0 aliphatic heterocycles. The Balaban J connectivity index is 4.33. The average Bonchev–Trinajstić information content (AvgIpc) is 2.28. The van der Waals surface area contributed by atoms with Gasteiger partial charge in [-0.1, -0.05) is 19.1 Å². The van der Waals surface area contributed by atoms with Crippen LogP contribution in [0.1, 0.15) is 27.2 Å². The largest absolute Gasteiger partial charge is 0.449 e. The molecule has 0 heterocycles. The summed E-state index contributed by atoms with van der Waals surface area (Å²) in [6.07, 6.45) is 3.23. The Bertz CT molecular complexity index is 266. The average molecular weight is 244 g/mol. The fourth-order valence-electron chi connectivity index (χ4n) is 0.987. The second kappa shape index (κ2) is 9.50. The third kappa shape index (κ3) is 7.21. The summed E-state index contributed by atoms with van der Waals surface area (Å²) in [7, 11) is 0. The SMILES string of the molecule is CC/C=C/CN(NC(=O)OCC)C(=O)OCC. The number of amides is 2. The van der Waals surface area contributed by atoms with Gasteiger partial charge < -0.3 is 9.47 Å². The Labute approximate surface area is 102 Å². The first-order valence-electron chi connectivity index (χ1n) is 5.68. The van der Waals surface area contributed by atoms with Gasteiger partial charge in [0.1, 0.15) is 0 Å². The minimum atomic E-state index is -0.676. The molecular formula is C11H20N2O4. The molecule has 0 spiro atoms. The van der Waals surface area contributed by atoms with Gasteiger partial charge in [0.25, 0.3) is 0 Å².